The third kappa shape index (κ3) is 2.57. The highest BCUT2D eigenvalue weighted by Crippen LogP contribution is 2.17. The second kappa shape index (κ2) is 4.61. The van der Waals surface area contributed by atoms with Crippen LogP contribution in [0.1, 0.15) is 5.56 Å². The van der Waals surface area contributed by atoms with Crippen LogP contribution in [0.2, 0.25) is 0 Å². The van der Waals surface area contributed by atoms with E-state index in [2.05, 4.69) is 61.5 Å². The molecule has 0 aromatic rings. The maximum atomic E-state index is 2.20. The summed E-state index contributed by atoms with van der Waals surface area (Å²) in [5, 5.41) is 0. The lowest BCUT2D eigenvalue weighted by atomic mass is 10.1. The Kier molecular flexibility index (Phi) is 2.99. The summed E-state index contributed by atoms with van der Waals surface area (Å²) in [4.78, 5) is 0. The Morgan fingerprint density at radius 1 is 0.600 bits per heavy atom. The van der Waals surface area contributed by atoms with Crippen molar-refractivity contribution in [2.24, 2.45) is 0 Å². The van der Waals surface area contributed by atoms with Gasteiger partial charge in [-0.15, -0.1) is 0 Å². The zero-order valence-electron chi connectivity index (χ0n) is 8.85. The maximum absolute atomic E-state index is 2.20. The predicted octanol–water partition coefficient (Wildman–Crippen LogP) is 4.22. The van der Waals surface area contributed by atoms with E-state index in [1.807, 2.05) is 12.1 Å². The number of hydrogen-bond acceptors (Lipinski definition) is 0. The highest BCUT2D eigenvalue weighted by Gasteiger charge is 1.93. The third-order valence-corrected chi connectivity index (χ3v) is 2.35. The van der Waals surface area contributed by atoms with Gasteiger partial charge in [0.25, 0.3) is 0 Å². The summed E-state index contributed by atoms with van der Waals surface area (Å²) in [6.45, 7) is 2.12. The molecule has 74 valence electrons. The molecule has 0 atom stereocenters. The van der Waals surface area contributed by atoms with Crippen LogP contribution in [0.25, 0.3) is 11.1 Å². The van der Waals surface area contributed by atoms with E-state index in [4.69, 9.17) is 0 Å². The molecule has 0 amide bonds. The van der Waals surface area contributed by atoms with Gasteiger partial charge in [0.15, 0.2) is 0 Å². The smallest absolute Gasteiger partial charge is 0.0181 e. The zero-order chi connectivity index (χ0) is 10.5. The van der Waals surface area contributed by atoms with Gasteiger partial charge in [-0.3, -0.25) is 0 Å². The van der Waals surface area contributed by atoms with E-state index in [-0.39, 0.29) is 0 Å². The average molecular weight is 194 g/mol. The van der Waals surface area contributed by atoms with Crippen LogP contribution in [0.15, 0.2) is 66.7 Å². The Bertz CT molecular complexity index is 470. The molecular formula is C15H14. The molecule has 0 saturated heterocycles. The SMILES string of the molecule is Cc1ccccc2ccccccc-2c1. The highest BCUT2D eigenvalue weighted by molar-refractivity contribution is 5.62. The van der Waals surface area contributed by atoms with Gasteiger partial charge in [0.05, 0.1) is 0 Å². The van der Waals surface area contributed by atoms with Crippen molar-refractivity contribution in [3.63, 3.8) is 0 Å². The van der Waals surface area contributed by atoms with Crippen molar-refractivity contribution in [3.8, 4) is 11.1 Å². The number of fused-ring (bicyclic) bond motifs is 1. The van der Waals surface area contributed by atoms with Crippen LogP contribution < -0.4 is 0 Å². The van der Waals surface area contributed by atoms with Crippen molar-refractivity contribution in [2.75, 3.05) is 0 Å². The molecule has 0 heteroatoms. The first-order valence-electron chi connectivity index (χ1n) is 5.15. The first kappa shape index (κ1) is 9.72. The molecule has 0 aliphatic heterocycles. The van der Waals surface area contributed by atoms with Crippen molar-refractivity contribution < 1.29 is 0 Å². The summed E-state index contributed by atoms with van der Waals surface area (Å²) in [5.74, 6) is 0. The minimum Gasteiger partial charge on any atom is -0.0622 e. The van der Waals surface area contributed by atoms with Crippen molar-refractivity contribution in [3.05, 3.63) is 72.3 Å². The van der Waals surface area contributed by atoms with Crippen LogP contribution in [0.5, 0.6) is 0 Å². The fourth-order valence-corrected chi connectivity index (χ4v) is 1.58. The molecule has 0 nitrogen and oxygen atoms in total. The molecule has 0 radical (unpaired) electrons. The molecular weight excluding hydrogens is 180 g/mol. The molecule has 2 aliphatic rings. The van der Waals surface area contributed by atoms with E-state index >= 15 is 0 Å². The molecule has 0 unspecified atom stereocenters. The quantitative estimate of drug-likeness (QED) is 0.589. The van der Waals surface area contributed by atoms with Gasteiger partial charge in [0.2, 0.25) is 0 Å². The average Bonchev–Trinajstić information content (AvgIpc) is 2.18. The molecule has 0 aromatic heterocycles. The van der Waals surface area contributed by atoms with Crippen LogP contribution >= 0.6 is 0 Å². The number of hydrogen-bond donors (Lipinski definition) is 0. The maximum Gasteiger partial charge on any atom is -0.0181 e. The summed E-state index contributed by atoms with van der Waals surface area (Å²) in [6, 6.07) is 23.1. The standard InChI is InChI=1S/C15H14/c1-13-8-6-7-10-14-9-4-2-3-5-11-15(14)12-13/h2-12H,1H3. The third-order valence-electron chi connectivity index (χ3n) is 2.35. The second-order valence-electron chi connectivity index (χ2n) is 3.62. The summed E-state index contributed by atoms with van der Waals surface area (Å²) in [7, 11) is 0. The predicted molar refractivity (Wildman–Crippen MR) is 65.4 cm³/mol. The van der Waals surface area contributed by atoms with Crippen molar-refractivity contribution in [1.29, 1.82) is 0 Å². The summed E-state index contributed by atoms with van der Waals surface area (Å²) in [5.41, 5.74) is 3.78. The molecule has 0 N–H and O–H groups in total. The van der Waals surface area contributed by atoms with Crippen LogP contribution in [-0.4, -0.2) is 0 Å². The molecule has 0 fully saturated rings. The lowest BCUT2D eigenvalue weighted by molar-refractivity contribution is 1.48. The van der Waals surface area contributed by atoms with Crippen LogP contribution in [-0.2, 0) is 0 Å². The van der Waals surface area contributed by atoms with Gasteiger partial charge < -0.3 is 0 Å². The molecule has 15 heavy (non-hydrogen) atoms. The normalized spacial score (nSPS) is 9.67. The summed E-state index contributed by atoms with van der Waals surface area (Å²) >= 11 is 0. The van der Waals surface area contributed by atoms with Gasteiger partial charge >= 0.3 is 0 Å². The molecule has 0 heterocycles. The molecule has 0 spiro atoms. The van der Waals surface area contributed by atoms with Crippen molar-refractivity contribution in [2.45, 2.75) is 6.92 Å². The fourth-order valence-electron chi connectivity index (χ4n) is 1.58. The van der Waals surface area contributed by atoms with Gasteiger partial charge in [-0.25, -0.2) is 0 Å². The monoisotopic (exact) mass is 194 g/mol. The first-order chi connectivity index (χ1) is 7.36. The number of rotatable bonds is 0. The Morgan fingerprint density at radius 2 is 1.13 bits per heavy atom. The van der Waals surface area contributed by atoms with Gasteiger partial charge in [-0.1, -0.05) is 72.3 Å². The van der Waals surface area contributed by atoms with Gasteiger partial charge in [0.1, 0.15) is 0 Å². The lowest BCUT2D eigenvalue weighted by Crippen LogP contribution is -1.75. The molecule has 0 bridgehead atoms. The van der Waals surface area contributed by atoms with Gasteiger partial charge in [0, 0.05) is 0 Å². The minimum atomic E-state index is 1.25. The minimum absolute atomic E-state index is 1.25. The van der Waals surface area contributed by atoms with E-state index in [0.717, 1.165) is 0 Å². The number of aryl methyl sites for hydroxylation is 1. The van der Waals surface area contributed by atoms with Crippen LogP contribution in [0.3, 0.4) is 0 Å². The Labute approximate surface area is 90.9 Å². The largest absolute Gasteiger partial charge is 0.0622 e. The Balaban J connectivity index is 2.76. The van der Waals surface area contributed by atoms with Crippen molar-refractivity contribution in [1.82, 2.24) is 0 Å². The van der Waals surface area contributed by atoms with Crippen LogP contribution in [0, 0.1) is 6.92 Å². The van der Waals surface area contributed by atoms with Gasteiger partial charge in [-0.05, 0) is 18.1 Å². The topological polar surface area (TPSA) is 0 Å². The summed E-state index contributed by atoms with van der Waals surface area (Å²) in [6.07, 6.45) is 0. The molecule has 0 aromatic carbocycles. The van der Waals surface area contributed by atoms with E-state index < -0.39 is 0 Å². The lowest BCUT2D eigenvalue weighted by Gasteiger charge is -1.99. The first-order valence-corrected chi connectivity index (χ1v) is 5.15. The van der Waals surface area contributed by atoms with Gasteiger partial charge in [-0.2, -0.15) is 0 Å². The molecule has 0 saturated carbocycles. The van der Waals surface area contributed by atoms with E-state index in [0.29, 0.717) is 0 Å². The van der Waals surface area contributed by atoms with E-state index in [1.54, 1.807) is 0 Å². The summed E-state index contributed by atoms with van der Waals surface area (Å²) < 4.78 is 0. The van der Waals surface area contributed by atoms with E-state index in [1.165, 1.54) is 16.7 Å². The van der Waals surface area contributed by atoms with Crippen LogP contribution in [0.4, 0.5) is 0 Å². The van der Waals surface area contributed by atoms with E-state index in [9.17, 15) is 0 Å². The highest BCUT2D eigenvalue weighted by atomic mass is 14.0. The van der Waals surface area contributed by atoms with Crippen molar-refractivity contribution >= 4 is 0 Å². The molecule has 2 rings (SSSR count). The second-order valence-corrected chi connectivity index (χ2v) is 3.62. The molecule has 2 aliphatic carbocycles. The zero-order valence-corrected chi connectivity index (χ0v) is 8.85. The Hall–Kier alpha value is -1.82. The Morgan fingerprint density at radius 3 is 1.87 bits per heavy atom. The fraction of sp³-hybridized carbons (Fsp3) is 0.0667.